The first-order valence-electron chi connectivity index (χ1n) is 5.97. The summed E-state index contributed by atoms with van der Waals surface area (Å²) in [6.45, 7) is 0. The maximum atomic E-state index is 5.99. The first-order chi connectivity index (χ1) is 7.75. The highest BCUT2D eigenvalue weighted by Crippen LogP contribution is 2.29. The van der Waals surface area contributed by atoms with Gasteiger partial charge in [0.25, 0.3) is 0 Å². The molecule has 2 nitrogen and oxygen atoms in total. The van der Waals surface area contributed by atoms with Crippen LogP contribution >= 0.6 is 15.9 Å². The minimum Gasteiger partial charge on any atom is -0.488 e. The van der Waals surface area contributed by atoms with Crippen LogP contribution < -0.4 is 10.5 Å². The fraction of sp³-hybridized carbons (Fsp3) is 0.538. The molecule has 0 heterocycles. The van der Waals surface area contributed by atoms with Gasteiger partial charge >= 0.3 is 0 Å². The Labute approximate surface area is 105 Å². The fourth-order valence-electron chi connectivity index (χ4n) is 2.15. The van der Waals surface area contributed by atoms with Crippen LogP contribution in [-0.4, -0.2) is 6.10 Å². The van der Waals surface area contributed by atoms with Gasteiger partial charge in [-0.2, -0.15) is 0 Å². The van der Waals surface area contributed by atoms with E-state index in [-0.39, 0.29) is 0 Å². The maximum absolute atomic E-state index is 5.99. The normalized spacial score (nSPS) is 18.1. The number of hydrogen-bond donors (Lipinski definition) is 1. The predicted molar refractivity (Wildman–Crippen MR) is 70.7 cm³/mol. The summed E-state index contributed by atoms with van der Waals surface area (Å²) in [5.74, 6) is 0.821. The molecule has 1 fully saturated rings. The second-order valence-electron chi connectivity index (χ2n) is 4.41. The summed E-state index contributed by atoms with van der Waals surface area (Å²) in [5, 5.41) is 0. The average Bonchev–Trinajstić information content (AvgIpc) is 2.52. The highest BCUT2D eigenvalue weighted by molar-refractivity contribution is 9.10. The zero-order valence-electron chi connectivity index (χ0n) is 9.42. The summed E-state index contributed by atoms with van der Waals surface area (Å²) in [6, 6.07) is 5.78. The third kappa shape index (κ3) is 3.14. The van der Waals surface area contributed by atoms with Crippen molar-refractivity contribution in [2.24, 2.45) is 0 Å². The number of rotatable bonds is 2. The van der Waals surface area contributed by atoms with E-state index in [1.807, 2.05) is 18.2 Å². The zero-order chi connectivity index (χ0) is 11.4. The van der Waals surface area contributed by atoms with Crippen LogP contribution in [0.15, 0.2) is 22.7 Å². The Morgan fingerprint density at radius 1 is 1.12 bits per heavy atom. The van der Waals surface area contributed by atoms with E-state index in [1.165, 1.54) is 25.7 Å². The lowest BCUT2D eigenvalue weighted by Gasteiger charge is -2.18. The van der Waals surface area contributed by atoms with Gasteiger partial charge < -0.3 is 10.5 Å². The monoisotopic (exact) mass is 283 g/mol. The van der Waals surface area contributed by atoms with Gasteiger partial charge in [-0.1, -0.05) is 28.8 Å². The van der Waals surface area contributed by atoms with E-state index < -0.39 is 0 Å². The molecule has 0 spiro atoms. The van der Waals surface area contributed by atoms with Crippen LogP contribution in [0.5, 0.6) is 5.75 Å². The van der Waals surface area contributed by atoms with Crippen LogP contribution in [0.2, 0.25) is 0 Å². The van der Waals surface area contributed by atoms with Crippen LogP contribution in [0.25, 0.3) is 0 Å². The van der Waals surface area contributed by atoms with Crippen LogP contribution in [0, 0.1) is 0 Å². The van der Waals surface area contributed by atoms with Crippen LogP contribution in [0.4, 0.5) is 5.69 Å². The third-order valence-corrected chi connectivity index (χ3v) is 3.56. The third-order valence-electron chi connectivity index (χ3n) is 3.07. The molecule has 0 radical (unpaired) electrons. The molecular weight excluding hydrogens is 266 g/mol. The number of hydrogen-bond acceptors (Lipinski definition) is 2. The molecule has 3 heteroatoms. The summed E-state index contributed by atoms with van der Waals surface area (Å²) >= 11 is 3.44. The van der Waals surface area contributed by atoms with E-state index >= 15 is 0 Å². The Morgan fingerprint density at radius 2 is 1.81 bits per heavy atom. The zero-order valence-corrected chi connectivity index (χ0v) is 11.0. The molecule has 0 aliphatic heterocycles. The molecule has 1 aromatic carbocycles. The van der Waals surface area contributed by atoms with Crippen molar-refractivity contribution in [2.75, 3.05) is 5.73 Å². The lowest BCUT2D eigenvalue weighted by molar-refractivity contribution is 0.185. The Morgan fingerprint density at radius 3 is 2.50 bits per heavy atom. The van der Waals surface area contributed by atoms with Crippen LogP contribution in [0.1, 0.15) is 38.5 Å². The Kier molecular flexibility index (Phi) is 4.10. The van der Waals surface area contributed by atoms with Gasteiger partial charge in [0.05, 0.1) is 11.8 Å². The summed E-state index contributed by atoms with van der Waals surface area (Å²) in [7, 11) is 0. The van der Waals surface area contributed by atoms with Crippen molar-refractivity contribution in [3.8, 4) is 5.75 Å². The Bertz CT molecular complexity index is 346. The van der Waals surface area contributed by atoms with Crippen molar-refractivity contribution in [2.45, 2.75) is 44.6 Å². The number of halogens is 1. The molecule has 0 aromatic heterocycles. The number of nitrogens with two attached hydrogens (primary N) is 1. The van der Waals surface area contributed by atoms with E-state index in [1.54, 1.807) is 0 Å². The fourth-order valence-corrected chi connectivity index (χ4v) is 2.49. The smallest absolute Gasteiger partial charge is 0.143 e. The molecule has 0 bridgehead atoms. The lowest BCUT2D eigenvalue weighted by atomic mass is 10.1. The lowest BCUT2D eigenvalue weighted by Crippen LogP contribution is -2.15. The molecule has 1 saturated carbocycles. The standard InChI is InChI=1S/C13H18BrNO/c14-10-7-8-12(15)13(9-10)16-11-5-3-1-2-4-6-11/h7-9,11H,1-6,15H2. The minimum absolute atomic E-state index is 0.346. The number of anilines is 1. The Balaban J connectivity index is 2.04. The van der Waals surface area contributed by atoms with Gasteiger partial charge in [-0.3, -0.25) is 0 Å². The quantitative estimate of drug-likeness (QED) is 0.654. The summed E-state index contributed by atoms with van der Waals surface area (Å²) in [5.41, 5.74) is 6.63. The van der Waals surface area contributed by atoms with Gasteiger partial charge in [-0.25, -0.2) is 0 Å². The molecule has 2 N–H and O–H groups in total. The average molecular weight is 284 g/mol. The molecule has 1 aliphatic carbocycles. The van der Waals surface area contributed by atoms with Gasteiger partial charge in [0.2, 0.25) is 0 Å². The van der Waals surface area contributed by atoms with E-state index in [2.05, 4.69) is 15.9 Å². The number of benzene rings is 1. The SMILES string of the molecule is Nc1ccc(Br)cc1OC1CCCCCC1. The summed E-state index contributed by atoms with van der Waals surface area (Å²) < 4.78 is 7.01. The molecule has 16 heavy (non-hydrogen) atoms. The second kappa shape index (κ2) is 5.58. The van der Waals surface area contributed by atoms with Crippen molar-refractivity contribution in [3.63, 3.8) is 0 Å². The van der Waals surface area contributed by atoms with Crippen molar-refractivity contribution in [3.05, 3.63) is 22.7 Å². The van der Waals surface area contributed by atoms with Gasteiger partial charge in [0.15, 0.2) is 0 Å². The molecular formula is C13H18BrNO. The minimum atomic E-state index is 0.346. The van der Waals surface area contributed by atoms with Crippen LogP contribution in [-0.2, 0) is 0 Å². The van der Waals surface area contributed by atoms with Gasteiger partial charge in [0, 0.05) is 4.47 Å². The van der Waals surface area contributed by atoms with E-state index in [4.69, 9.17) is 10.5 Å². The predicted octanol–water partition coefficient (Wildman–Crippen LogP) is 4.13. The Hall–Kier alpha value is -0.700. The molecule has 0 saturated heterocycles. The van der Waals surface area contributed by atoms with Crippen molar-refractivity contribution < 1.29 is 4.74 Å². The summed E-state index contributed by atoms with van der Waals surface area (Å²) in [4.78, 5) is 0. The largest absolute Gasteiger partial charge is 0.488 e. The second-order valence-corrected chi connectivity index (χ2v) is 5.33. The number of ether oxygens (including phenoxy) is 1. The summed E-state index contributed by atoms with van der Waals surface area (Å²) in [6.07, 6.45) is 7.90. The van der Waals surface area contributed by atoms with Gasteiger partial charge in [0.1, 0.15) is 5.75 Å². The number of nitrogen functional groups attached to an aromatic ring is 1. The topological polar surface area (TPSA) is 35.2 Å². The van der Waals surface area contributed by atoms with E-state index in [0.717, 1.165) is 28.8 Å². The molecule has 2 rings (SSSR count). The first kappa shape index (κ1) is 11.8. The van der Waals surface area contributed by atoms with E-state index in [9.17, 15) is 0 Å². The highest BCUT2D eigenvalue weighted by Gasteiger charge is 2.14. The maximum Gasteiger partial charge on any atom is 0.143 e. The molecule has 0 amide bonds. The van der Waals surface area contributed by atoms with Crippen molar-refractivity contribution in [1.82, 2.24) is 0 Å². The molecule has 1 aliphatic rings. The van der Waals surface area contributed by atoms with Gasteiger partial charge in [-0.15, -0.1) is 0 Å². The molecule has 1 aromatic rings. The van der Waals surface area contributed by atoms with Crippen LogP contribution in [0.3, 0.4) is 0 Å². The molecule has 88 valence electrons. The molecule has 0 unspecified atom stereocenters. The van der Waals surface area contributed by atoms with Crippen molar-refractivity contribution >= 4 is 21.6 Å². The first-order valence-corrected chi connectivity index (χ1v) is 6.77. The van der Waals surface area contributed by atoms with Crippen molar-refractivity contribution in [1.29, 1.82) is 0 Å². The van der Waals surface area contributed by atoms with E-state index in [0.29, 0.717) is 6.10 Å². The highest BCUT2D eigenvalue weighted by atomic mass is 79.9. The van der Waals surface area contributed by atoms with Gasteiger partial charge in [-0.05, 0) is 43.9 Å². The molecule has 0 atom stereocenters.